The summed E-state index contributed by atoms with van der Waals surface area (Å²) in [6.45, 7) is 0. The molecular weight excluding hydrogens is 454 g/mol. The molecule has 0 aliphatic rings. The highest BCUT2D eigenvalue weighted by Crippen LogP contribution is 2.34. The Morgan fingerprint density at radius 3 is 2.06 bits per heavy atom. The third-order valence-electron chi connectivity index (χ3n) is 5.16. The molecule has 33 heavy (non-hydrogen) atoms. The molecule has 0 radical (unpaired) electrons. The summed E-state index contributed by atoms with van der Waals surface area (Å²) in [4.78, 5) is 22.7. The van der Waals surface area contributed by atoms with Crippen LogP contribution in [0.5, 0.6) is 11.5 Å². The van der Waals surface area contributed by atoms with E-state index in [2.05, 4.69) is 16.1 Å². The second-order valence-electron chi connectivity index (χ2n) is 7.17. The standard InChI is InChI=1S/C25H19N3O3S2/c1-30-21-6-4-18(12-22(21)31-2)26-25(29)15-3-5-19-20(11-15)28-24(17-8-10-33-14-17)23(27-19)16-7-9-32-13-16/h3-14H,1-2H3,(H,26,29). The summed E-state index contributed by atoms with van der Waals surface area (Å²) >= 11 is 3.24. The van der Waals surface area contributed by atoms with Gasteiger partial charge in [-0.25, -0.2) is 9.97 Å². The van der Waals surface area contributed by atoms with Gasteiger partial charge >= 0.3 is 0 Å². The van der Waals surface area contributed by atoms with Gasteiger partial charge in [0.15, 0.2) is 11.5 Å². The fourth-order valence-corrected chi connectivity index (χ4v) is 4.79. The number of rotatable bonds is 6. The number of carbonyl (C=O) groups excluding carboxylic acids is 1. The minimum atomic E-state index is -0.245. The van der Waals surface area contributed by atoms with Gasteiger partial charge in [0.25, 0.3) is 5.91 Å². The van der Waals surface area contributed by atoms with Crippen LogP contribution < -0.4 is 14.8 Å². The first-order valence-corrected chi connectivity index (χ1v) is 11.9. The molecule has 1 amide bonds. The van der Waals surface area contributed by atoms with Crippen molar-refractivity contribution in [2.45, 2.75) is 0 Å². The van der Waals surface area contributed by atoms with Crippen molar-refractivity contribution in [2.24, 2.45) is 0 Å². The van der Waals surface area contributed by atoms with Gasteiger partial charge in [0.05, 0.1) is 36.6 Å². The monoisotopic (exact) mass is 473 g/mol. The average molecular weight is 474 g/mol. The Balaban J connectivity index is 1.52. The van der Waals surface area contributed by atoms with E-state index in [1.165, 1.54) is 0 Å². The lowest BCUT2D eigenvalue weighted by molar-refractivity contribution is 0.102. The summed E-state index contributed by atoms with van der Waals surface area (Å²) in [6, 6.07) is 14.7. The first-order chi connectivity index (χ1) is 16.2. The molecule has 3 aromatic heterocycles. The largest absolute Gasteiger partial charge is 0.493 e. The Labute approximate surface area is 198 Å². The van der Waals surface area contributed by atoms with Gasteiger partial charge < -0.3 is 14.8 Å². The number of ether oxygens (including phenoxy) is 2. The molecule has 8 heteroatoms. The molecule has 3 heterocycles. The smallest absolute Gasteiger partial charge is 0.255 e. The van der Waals surface area contributed by atoms with Crippen LogP contribution in [-0.2, 0) is 0 Å². The Kier molecular flexibility index (Phi) is 5.77. The molecule has 6 nitrogen and oxygen atoms in total. The van der Waals surface area contributed by atoms with E-state index in [0.29, 0.717) is 28.3 Å². The van der Waals surface area contributed by atoms with Crippen molar-refractivity contribution in [3.8, 4) is 34.0 Å². The van der Waals surface area contributed by atoms with Gasteiger partial charge in [-0.1, -0.05) is 0 Å². The first-order valence-electron chi connectivity index (χ1n) is 10.1. The summed E-state index contributed by atoms with van der Waals surface area (Å²) in [5.74, 6) is 0.893. The number of anilines is 1. The van der Waals surface area contributed by atoms with Crippen LogP contribution in [0.2, 0.25) is 0 Å². The predicted molar refractivity (Wildman–Crippen MR) is 134 cm³/mol. The quantitative estimate of drug-likeness (QED) is 0.311. The second-order valence-corrected chi connectivity index (χ2v) is 8.73. The third kappa shape index (κ3) is 4.18. The molecule has 0 spiro atoms. The van der Waals surface area contributed by atoms with Crippen molar-refractivity contribution in [3.63, 3.8) is 0 Å². The molecule has 0 aliphatic heterocycles. The Morgan fingerprint density at radius 1 is 0.788 bits per heavy atom. The molecular formula is C25H19N3O3S2. The number of aromatic nitrogens is 2. The molecule has 0 saturated heterocycles. The Hall–Kier alpha value is -3.75. The van der Waals surface area contributed by atoms with Crippen molar-refractivity contribution in [2.75, 3.05) is 19.5 Å². The van der Waals surface area contributed by atoms with Gasteiger partial charge in [-0.3, -0.25) is 4.79 Å². The zero-order valence-electron chi connectivity index (χ0n) is 17.9. The maximum atomic E-state index is 13.0. The molecule has 164 valence electrons. The fourth-order valence-electron chi connectivity index (χ4n) is 3.51. The minimum Gasteiger partial charge on any atom is -0.493 e. The number of fused-ring (bicyclic) bond motifs is 1. The number of thiophene rings is 2. The van der Waals surface area contributed by atoms with Gasteiger partial charge in [0.1, 0.15) is 0 Å². The zero-order valence-corrected chi connectivity index (χ0v) is 19.5. The molecule has 0 atom stereocenters. The van der Waals surface area contributed by atoms with Crippen molar-refractivity contribution in [1.82, 2.24) is 9.97 Å². The molecule has 1 N–H and O–H groups in total. The number of amides is 1. The SMILES string of the molecule is COc1ccc(NC(=O)c2ccc3nc(-c4ccsc4)c(-c4ccsc4)nc3c2)cc1OC. The van der Waals surface area contributed by atoms with E-state index in [1.807, 2.05) is 29.0 Å². The van der Waals surface area contributed by atoms with Crippen LogP contribution in [0, 0.1) is 0 Å². The summed E-state index contributed by atoms with van der Waals surface area (Å²) < 4.78 is 10.6. The van der Waals surface area contributed by atoms with Crippen molar-refractivity contribution in [3.05, 3.63) is 75.6 Å². The van der Waals surface area contributed by atoms with E-state index in [9.17, 15) is 4.79 Å². The highest BCUT2D eigenvalue weighted by Gasteiger charge is 2.16. The Bertz CT molecular complexity index is 1430. The van der Waals surface area contributed by atoms with E-state index < -0.39 is 0 Å². The number of methoxy groups -OCH3 is 2. The summed E-state index contributed by atoms with van der Waals surface area (Å²) in [5.41, 5.74) is 6.18. The van der Waals surface area contributed by atoms with Crippen molar-refractivity contribution < 1.29 is 14.3 Å². The number of carbonyl (C=O) groups is 1. The number of hydrogen-bond acceptors (Lipinski definition) is 7. The highest BCUT2D eigenvalue weighted by atomic mass is 32.1. The van der Waals surface area contributed by atoms with Gasteiger partial charge in [-0.2, -0.15) is 22.7 Å². The second kappa shape index (κ2) is 9.01. The number of benzene rings is 2. The van der Waals surface area contributed by atoms with Crippen LogP contribution in [0.4, 0.5) is 5.69 Å². The van der Waals surface area contributed by atoms with Crippen LogP contribution in [0.1, 0.15) is 10.4 Å². The maximum absolute atomic E-state index is 13.0. The van der Waals surface area contributed by atoms with Gasteiger partial charge in [-0.05, 0) is 53.2 Å². The van der Waals surface area contributed by atoms with Crippen LogP contribution in [0.3, 0.4) is 0 Å². The van der Waals surface area contributed by atoms with Gasteiger partial charge in [0, 0.05) is 39.2 Å². The molecule has 5 rings (SSSR count). The topological polar surface area (TPSA) is 73.3 Å². The van der Waals surface area contributed by atoms with Gasteiger partial charge in [-0.15, -0.1) is 0 Å². The lowest BCUT2D eigenvalue weighted by Crippen LogP contribution is -2.12. The number of nitrogens with zero attached hydrogens (tertiary/aromatic N) is 2. The lowest BCUT2D eigenvalue weighted by Gasteiger charge is -2.11. The average Bonchev–Trinajstić information content (AvgIpc) is 3.57. The van der Waals surface area contributed by atoms with Gasteiger partial charge in [0.2, 0.25) is 0 Å². The van der Waals surface area contributed by atoms with E-state index in [0.717, 1.165) is 28.0 Å². The highest BCUT2D eigenvalue weighted by molar-refractivity contribution is 7.08. The molecule has 0 unspecified atom stereocenters. The minimum absolute atomic E-state index is 0.245. The normalized spacial score (nSPS) is 10.8. The van der Waals surface area contributed by atoms with E-state index >= 15 is 0 Å². The summed E-state index contributed by atoms with van der Waals surface area (Å²) in [5, 5.41) is 11.1. The fraction of sp³-hybridized carbons (Fsp3) is 0.0800. The number of nitrogens with one attached hydrogen (secondary N) is 1. The van der Waals surface area contributed by atoms with E-state index in [4.69, 9.17) is 19.4 Å². The summed E-state index contributed by atoms with van der Waals surface area (Å²) in [7, 11) is 3.13. The summed E-state index contributed by atoms with van der Waals surface area (Å²) in [6.07, 6.45) is 0. The molecule has 2 aromatic carbocycles. The molecule has 0 aliphatic carbocycles. The van der Waals surface area contributed by atoms with Crippen LogP contribution in [0.15, 0.2) is 70.1 Å². The van der Waals surface area contributed by atoms with Crippen molar-refractivity contribution in [1.29, 1.82) is 0 Å². The molecule has 0 fully saturated rings. The number of hydrogen-bond donors (Lipinski definition) is 1. The third-order valence-corrected chi connectivity index (χ3v) is 6.52. The van der Waals surface area contributed by atoms with E-state index in [-0.39, 0.29) is 5.91 Å². The molecule has 0 saturated carbocycles. The van der Waals surface area contributed by atoms with Crippen LogP contribution >= 0.6 is 22.7 Å². The lowest BCUT2D eigenvalue weighted by atomic mass is 10.1. The first kappa shape index (κ1) is 21.1. The van der Waals surface area contributed by atoms with Crippen molar-refractivity contribution >= 4 is 45.3 Å². The Morgan fingerprint density at radius 2 is 1.45 bits per heavy atom. The molecule has 5 aromatic rings. The van der Waals surface area contributed by atoms with Crippen LogP contribution in [-0.4, -0.2) is 30.1 Å². The zero-order chi connectivity index (χ0) is 22.8. The van der Waals surface area contributed by atoms with E-state index in [1.54, 1.807) is 67.2 Å². The van der Waals surface area contributed by atoms with Crippen LogP contribution in [0.25, 0.3) is 33.5 Å². The molecule has 0 bridgehead atoms. The maximum Gasteiger partial charge on any atom is 0.255 e. The predicted octanol–water partition coefficient (Wildman–Crippen LogP) is 6.36.